The number of carbonyl (C=O) groups is 1. The lowest BCUT2D eigenvalue weighted by Crippen LogP contribution is -2.46. The van der Waals surface area contributed by atoms with Gasteiger partial charge in [0.1, 0.15) is 0 Å². The van der Waals surface area contributed by atoms with Crippen molar-refractivity contribution in [3.8, 4) is 0 Å². The Kier molecular flexibility index (Phi) is 4.28. The Morgan fingerprint density at radius 3 is 2.61 bits per heavy atom. The standard InChI is InChI=1S/C14H27N3O/c1-9(14(18)16-15)10(2)17(3)8-13-7-11-4-5-12(13)6-11/h9-13H,4-8,15H2,1-3H3,(H,16,18). The van der Waals surface area contributed by atoms with Crippen LogP contribution < -0.4 is 11.3 Å². The molecule has 5 atom stereocenters. The smallest absolute Gasteiger partial charge is 0.238 e. The Morgan fingerprint density at radius 1 is 1.39 bits per heavy atom. The van der Waals surface area contributed by atoms with E-state index in [1.54, 1.807) is 0 Å². The third-order valence-corrected chi connectivity index (χ3v) is 5.38. The summed E-state index contributed by atoms with van der Waals surface area (Å²) >= 11 is 0. The van der Waals surface area contributed by atoms with Crippen LogP contribution in [0.5, 0.6) is 0 Å². The van der Waals surface area contributed by atoms with Crippen LogP contribution in [0.1, 0.15) is 39.5 Å². The lowest BCUT2D eigenvalue weighted by molar-refractivity contribution is -0.126. The van der Waals surface area contributed by atoms with Crippen LogP contribution in [-0.2, 0) is 4.79 Å². The van der Waals surface area contributed by atoms with Crippen molar-refractivity contribution >= 4 is 5.91 Å². The number of carbonyl (C=O) groups excluding carboxylic acids is 1. The monoisotopic (exact) mass is 253 g/mol. The molecule has 2 saturated carbocycles. The molecule has 0 saturated heterocycles. The summed E-state index contributed by atoms with van der Waals surface area (Å²) in [6.07, 6.45) is 5.73. The van der Waals surface area contributed by atoms with Crippen molar-refractivity contribution < 1.29 is 4.79 Å². The summed E-state index contributed by atoms with van der Waals surface area (Å²) in [6, 6.07) is 0.243. The van der Waals surface area contributed by atoms with Gasteiger partial charge in [0.2, 0.25) is 5.91 Å². The predicted octanol–water partition coefficient (Wildman–Crippen LogP) is 1.37. The highest BCUT2D eigenvalue weighted by Crippen LogP contribution is 2.48. The SMILES string of the molecule is CC(C(=O)NN)C(C)N(C)CC1CC2CCC1C2. The normalized spacial score (nSPS) is 33.7. The third-order valence-electron chi connectivity index (χ3n) is 5.38. The lowest BCUT2D eigenvalue weighted by atomic mass is 9.88. The summed E-state index contributed by atoms with van der Waals surface area (Å²) in [5, 5.41) is 0. The molecule has 4 heteroatoms. The van der Waals surface area contributed by atoms with Crippen molar-refractivity contribution in [2.45, 2.75) is 45.6 Å². The second-order valence-corrected chi connectivity index (χ2v) is 6.41. The van der Waals surface area contributed by atoms with E-state index in [1.165, 1.54) is 25.7 Å². The molecule has 104 valence electrons. The summed E-state index contributed by atoms with van der Waals surface area (Å²) in [5.74, 6) is 7.87. The molecular weight excluding hydrogens is 226 g/mol. The summed E-state index contributed by atoms with van der Waals surface area (Å²) in [5.41, 5.74) is 2.26. The molecule has 0 aromatic carbocycles. The second kappa shape index (κ2) is 5.57. The van der Waals surface area contributed by atoms with Gasteiger partial charge >= 0.3 is 0 Å². The minimum atomic E-state index is -0.0673. The number of rotatable bonds is 5. The third kappa shape index (κ3) is 2.69. The fourth-order valence-electron chi connectivity index (χ4n) is 3.87. The Labute approximate surface area is 110 Å². The van der Waals surface area contributed by atoms with Crippen LogP contribution in [0, 0.1) is 23.7 Å². The van der Waals surface area contributed by atoms with Crippen LogP contribution in [0.25, 0.3) is 0 Å². The molecule has 2 rings (SSSR count). The maximum atomic E-state index is 11.6. The highest BCUT2D eigenvalue weighted by atomic mass is 16.2. The van der Waals surface area contributed by atoms with Gasteiger partial charge in [0.15, 0.2) is 0 Å². The molecule has 1 amide bonds. The molecule has 0 aromatic rings. The van der Waals surface area contributed by atoms with Gasteiger partial charge in [-0.05, 0) is 51.0 Å². The average Bonchev–Trinajstić information content (AvgIpc) is 2.98. The molecule has 5 unspecified atom stereocenters. The molecule has 0 heterocycles. The first-order valence-corrected chi connectivity index (χ1v) is 7.23. The lowest BCUT2D eigenvalue weighted by Gasteiger charge is -2.33. The van der Waals surface area contributed by atoms with E-state index < -0.39 is 0 Å². The van der Waals surface area contributed by atoms with E-state index in [4.69, 9.17) is 5.84 Å². The van der Waals surface area contributed by atoms with Gasteiger partial charge in [-0.3, -0.25) is 10.2 Å². The van der Waals surface area contributed by atoms with E-state index in [0.29, 0.717) is 0 Å². The first-order valence-electron chi connectivity index (χ1n) is 7.23. The number of hydrogen-bond acceptors (Lipinski definition) is 3. The molecule has 18 heavy (non-hydrogen) atoms. The number of hydrazine groups is 1. The maximum absolute atomic E-state index is 11.6. The molecule has 4 nitrogen and oxygen atoms in total. The zero-order valence-corrected chi connectivity index (χ0v) is 11.9. The number of fused-ring (bicyclic) bond motifs is 2. The van der Waals surface area contributed by atoms with Crippen LogP contribution in [0.4, 0.5) is 0 Å². The quantitative estimate of drug-likeness (QED) is 0.442. The largest absolute Gasteiger partial charge is 0.303 e. The summed E-state index contributed by atoms with van der Waals surface area (Å²) in [6.45, 7) is 5.20. The van der Waals surface area contributed by atoms with Crippen LogP contribution in [0.15, 0.2) is 0 Å². The number of hydrogen-bond donors (Lipinski definition) is 2. The fraction of sp³-hybridized carbons (Fsp3) is 0.929. The molecule has 0 aliphatic heterocycles. The van der Waals surface area contributed by atoms with Gasteiger partial charge in [-0.2, -0.15) is 0 Å². The topological polar surface area (TPSA) is 58.4 Å². The zero-order valence-electron chi connectivity index (χ0n) is 11.9. The molecule has 2 fully saturated rings. The van der Waals surface area contributed by atoms with E-state index in [-0.39, 0.29) is 17.9 Å². The van der Waals surface area contributed by atoms with Crippen molar-refractivity contribution in [2.75, 3.05) is 13.6 Å². The van der Waals surface area contributed by atoms with E-state index in [2.05, 4.69) is 24.3 Å². The van der Waals surface area contributed by atoms with Crippen LogP contribution >= 0.6 is 0 Å². The molecule has 0 spiro atoms. The number of amides is 1. The number of nitrogens with two attached hydrogens (primary N) is 1. The van der Waals surface area contributed by atoms with Gasteiger partial charge in [-0.15, -0.1) is 0 Å². The van der Waals surface area contributed by atoms with Crippen molar-refractivity contribution in [1.29, 1.82) is 0 Å². The van der Waals surface area contributed by atoms with Gasteiger partial charge in [-0.25, -0.2) is 5.84 Å². The highest BCUT2D eigenvalue weighted by molar-refractivity contribution is 5.78. The first kappa shape index (κ1) is 13.8. The van der Waals surface area contributed by atoms with Gasteiger partial charge in [0.25, 0.3) is 0 Å². The van der Waals surface area contributed by atoms with Crippen LogP contribution in [0.2, 0.25) is 0 Å². The minimum Gasteiger partial charge on any atom is -0.303 e. The van der Waals surface area contributed by atoms with E-state index in [1.807, 2.05) is 6.92 Å². The second-order valence-electron chi connectivity index (χ2n) is 6.41. The minimum absolute atomic E-state index is 0.0569. The fourth-order valence-corrected chi connectivity index (χ4v) is 3.87. The average molecular weight is 253 g/mol. The van der Waals surface area contributed by atoms with E-state index >= 15 is 0 Å². The molecule has 0 radical (unpaired) electrons. The first-order chi connectivity index (χ1) is 8.52. The Morgan fingerprint density at radius 2 is 2.11 bits per heavy atom. The van der Waals surface area contributed by atoms with Crippen LogP contribution in [-0.4, -0.2) is 30.4 Å². The Balaban J connectivity index is 1.84. The summed E-state index contributed by atoms with van der Waals surface area (Å²) < 4.78 is 0. The van der Waals surface area contributed by atoms with E-state index in [9.17, 15) is 4.79 Å². The Bertz CT molecular complexity index is 307. The molecule has 0 aromatic heterocycles. The highest BCUT2D eigenvalue weighted by Gasteiger charge is 2.40. The van der Waals surface area contributed by atoms with Crippen LogP contribution in [0.3, 0.4) is 0 Å². The predicted molar refractivity (Wildman–Crippen MR) is 72.5 cm³/mol. The summed E-state index contributed by atoms with van der Waals surface area (Å²) in [7, 11) is 2.14. The number of nitrogens with one attached hydrogen (secondary N) is 1. The molecular formula is C14H27N3O. The zero-order chi connectivity index (χ0) is 13.3. The maximum Gasteiger partial charge on any atom is 0.238 e. The molecule has 3 N–H and O–H groups in total. The van der Waals surface area contributed by atoms with Crippen molar-refractivity contribution in [1.82, 2.24) is 10.3 Å². The summed E-state index contributed by atoms with van der Waals surface area (Å²) in [4.78, 5) is 13.9. The Hall–Kier alpha value is -0.610. The van der Waals surface area contributed by atoms with Gasteiger partial charge in [0.05, 0.1) is 5.92 Å². The molecule has 2 aliphatic rings. The van der Waals surface area contributed by atoms with Gasteiger partial charge in [0, 0.05) is 12.6 Å². The van der Waals surface area contributed by atoms with Crippen molar-refractivity contribution in [2.24, 2.45) is 29.5 Å². The van der Waals surface area contributed by atoms with E-state index in [0.717, 1.165) is 24.3 Å². The molecule has 2 aliphatic carbocycles. The molecule has 2 bridgehead atoms. The van der Waals surface area contributed by atoms with Crippen molar-refractivity contribution in [3.05, 3.63) is 0 Å². The van der Waals surface area contributed by atoms with Crippen molar-refractivity contribution in [3.63, 3.8) is 0 Å². The van der Waals surface area contributed by atoms with Gasteiger partial charge in [-0.1, -0.05) is 13.3 Å². The van der Waals surface area contributed by atoms with Gasteiger partial charge < -0.3 is 4.90 Å². The number of nitrogens with zero attached hydrogens (tertiary/aromatic N) is 1.